The van der Waals surface area contributed by atoms with Crippen LogP contribution in [0.2, 0.25) is 0 Å². The van der Waals surface area contributed by atoms with Crippen LogP contribution >= 0.6 is 24.8 Å². The van der Waals surface area contributed by atoms with Crippen molar-refractivity contribution in [3.05, 3.63) is 30.1 Å². The number of carbonyl (C=O) groups is 1. The third kappa shape index (κ3) is 5.95. The Kier molecular flexibility index (Phi) is 9.81. The van der Waals surface area contributed by atoms with Gasteiger partial charge in [0.25, 0.3) is 0 Å². The normalized spacial score (nSPS) is 19.6. The second-order valence-electron chi connectivity index (χ2n) is 7.11. The smallest absolute Gasteiger partial charge is 0.239 e. The molecule has 0 aliphatic carbocycles. The maximum Gasteiger partial charge on any atom is 0.239 e. The number of amides is 1. The number of piperidine rings is 1. The molecule has 154 valence electrons. The molecule has 0 saturated carbocycles. The summed E-state index contributed by atoms with van der Waals surface area (Å²) in [5, 5.41) is 3.35. The summed E-state index contributed by atoms with van der Waals surface area (Å²) in [7, 11) is 1.95. The number of piperazine rings is 1. The number of hydrogen-bond donors (Lipinski definition) is 1. The Labute approximate surface area is 174 Å². The van der Waals surface area contributed by atoms with E-state index in [4.69, 9.17) is 0 Å². The lowest BCUT2D eigenvalue weighted by Crippen LogP contribution is -2.56. The highest BCUT2D eigenvalue weighted by Crippen LogP contribution is 2.19. The highest BCUT2D eigenvalue weighted by Gasteiger charge is 2.30. The maximum absolute atomic E-state index is 13.1. The van der Waals surface area contributed by atoms with E-state index in [1.165, 1.54) is 12.1 Å². The average molecular weight is 421 g/mol. The lowest BCUT2D eigenvalue weighted by atomic mass is 10.0. The second-order valence-corrected chi connectivity index (χ2v) is 7.11. The first kappa shape index (κ1) is 24.0. The number of hydrogen-bond acceptors (Lipinski definition) is 4. The lowest BCUT2D eigenvalue weighted by Gasteiger charge is -2.41. The van der Waals surface area contributed by atoms with Crippen LogP contribution in [-0.4, -0.2) is 74.1 Å². The number of anilines is 1. The van der Waals surface area contributed by atoms with Gasteiger partial charge in [-0.25, -0.2) is 4.39 Å². The van der Waals surface area contributed by atoms with E-state index in [0.717, 1.165) is 57.8 Å². The van der Waals surface area contributed by atoms with E-state index in [0.29, 0.717) is 6.04 Å². The number of halogens is 3. The predicted octanol–water partition coefficient (Wildman–Crippen LogP) is 2.39. The van der Waals surface area contributed by atoms with Gasteiger partial charge in [-0.15, -0.1) is 24.8 Å². The fourth-order valence-corrected chi connectivity index (χ4v) is 3.84. The van der Waals surface area contributed by atoms with Crippen LogP contribution in [0.3, 0.4) is 0 Å². The molecule has 2 aliphatic heterocycles. The monoisotopic (exact) mass is 420 g/mol. The zero-order valence-electron chi connectivity index (χ0n) is 16.1. The molecule has 2 aliphatic rings. The number of benzene rings is 1. The largest absolute Gasteiger partial charge is 0.369 e. The first-order chi connectivity index (χ1) is 12.1. The summed E-state index contributed by atoms with van der Waals surface area (Å²) < 4.78 is 13.1. The van der Waals surface area contributed by atoms with Gasteiger partial charge in [-0.2, -0.15) is 0 Å². The minimum absolute atomic E-state index is 0. The molecule has 1 amide bonds. The summed E-state index contributed by atoms with van der Waals surface area (Å²) in [6.07, 6.45) is 2.07. The van der Waals surface area contributed by atoms with Crippen LogP contribution in [0.5, 0.6) is 0 Å². The molecule has 2 heterocycles. The summed E-state index contributed by atoms with van der Waals surface area (Å²) in [4.78, 5) is 19.3. The van der Waals surface area contributed by atoms with Crippen molar-refractivity contribution >= 4 is 36.4 Å². The fraction of sp³-hybridized carbons (Fsp3) is 0.632. The van der Waals surface area contributed by atoms with Crippen molar-refractivity contribution in [2.24, 2.45) is 0 Å². The van der Waals surface area contributed by atoms with Crippen molar-refractivity contribution < 1.29 is 9.18 Å². The number of likely N-dealkylation sites (N-methyl/N-ethyl adjacent to an activating group) is 1. The van der Waals surface area contributed by atoms with Gasteiger partial charge in [0.05, 0.1) is 6.04 Å². The summed E-state index contributed by atoms with van der Waals surface area (Å²) in [5.41, 5.74) is 1.05. The SMILES string of the molecule is CC(C(=O)N(C)C1CCNCC1)N1CCN(c2ccc(F)cc2)CC1.Cl.Cl. The molecule has 1 aromatic carbocycles. The Morgan fingerprint density at radius 2 is 1.67 bits per heavy atom. The molecule has 1 aromatic rings. The molecule has 5 nitrogen and oxygen atoms in total. The van der Waals surface area contributed by atoms with Crippen molar-refractivity contribution in [3.8, 4) is 0 Å². The molecule has 1 atom stereocenters. The van der Waals surface area contributed by atoms with Crippen molar-refractivity contribution in [1.29, 1.82) is 0 Å². The predicted molar refractivity (Wildman–Crippen MR) is 113 cm³/mol. The molecular formula is C19H31Cl2FN4O. The van der Waals surface area contributed by atoms with Gasteiger partial charge in [0.2, 0.25) is 5.91 Å². The molecule has 0 bridgehead atoms. The van der Waals surface area contributed by atoms with Crippen molar-refractivity contribution in [2.45, 2.75) is 31.8 Å². The van der Waals surface area contributed by atoms with Crippen LogP contribution < -0.4 is 10.2 Å². The Bertz CT molecular complexity index is 576. The number of nitrogens with one attached hydrogen (secondary N) is 1. The maximum atomic E-state index is 13.1. The number of rotatable bonds is 4. The summed E-state index contributed by atoms with van der Waals surface area (Å²) in [6.45, 7) is 7.43. The van der Waals surface area contributed by atoms with Crippen LogP contribution in [0.4, 0.5) is 10.1 Å². The minimum Gasteiger partial charge on any atom is -0.369 e. The van der Waals surface area contributed by atoms with Gasteiger partial charge in [0.1, 0.15) is 5.82 Å². The van der Waals surface area contributed by atoms with E-state index in [-0.39, 0.29) is 42.6 Å². The lowest BCUT2D eigenvalue weighted by molar-refractivity contribution is -0.137. The second kappa shape index (κ2) is 11.1. The molecule has 27 heavy (non-hydrogen) atoms. The molecular weight excluding hydrogens is 390 g/mol. The topological polar surface area (TPSA) is 38.8 Å². The minimum atomic E-state index is -0.206. The van der Waals surface area contributed by atoms with Crippen LogP contribution in [0.15, 0.2) is 24.3 Å². The van der Waals surface area contributed by atoms with Crippen molar-refractivity contribution in [2.75, 3.05) is 51.2 Å². The van der Waals surface area contributed by atoms with Crippen LogP contribution in [0.1, 0.15) is 19.8 Å². The number of nitrogens with zero attached hydrogens (tertiary/aromatic N) is 3. The zero-order chi connectivity index (χ0) is 17.8. The summed E-state index contributed by atoms with van der Waals surface area (Å²) >= 11 is 0. The van der Waals surface area contributed by atoms with Gasteiger partial charge in [0, 0.05) is 45.0 Å². The van der Waals surface area contributed by atoms with Gasteiger partial charge in [-0.3, -0.25) is 9.69 Å². The highest BCUT2D eigenvalue weighted by molar-refractivity contribution is 5.85. The van der Waals surface area contributed by atoms with Crippen LogP contribution in [0, 0.1) is 5.82 Å². The first-order valence-electron chi connectivity index (χ1n) is 9.28. The number of carbonyl (C=O) groups excluding carboxylic acids is 1. The molecule has 8 heteroatoms. The standard InChI is InChI=1S/C19H29FN4O.2ClH/c1-15(19(25)22(2)17-7-9-21-10-8-17)23-11-13-24(14-12-23)18-5-3-16(20)4-6-18;;/h3-6,15,17,21H,7-14H2,1-2H3;2*1H. The van der Waals surface area contributed by atoms with Crippen molar-refractivity contribution in [1.82, 2.24) is 15.1 Å². The molecule has 2 fully saturated rings. The molecule has 0 radical (unpaired) electrons. The Morgan fingerprint density at radius 3 is 2.22 bits per heavy atom. The van der Waals surface area contributed by atoms with Crippen LogP contribution in [-0.2, 0) is 4.79 Å². The van der Waals surface area contributed by atoms with Gasteiger partial charge in [-0.1, -0.05) is 0 Å². The molecule has 0 spiro atoms. The molecule has 3 rings (SSSR count). The van der Waals surface area contributed by atoms with Gasteiger partial charge in [-0.05, 0) is 57.1 Å². The third-order valence-electron chi connectivity index (χ3n) is 5.62. The zero-order valence-corrected chi connectivity index (χ0v) is 17.7. The molecule has 2 saturated heterocycles. The van der Waals surface area contributed by atoms with Gasteiger partial charge >= 0.3 is 0 Å². The van der Waals surface area contributed by atoms with Crippen molar-refractivity contribution in [3.63, 3.8) is 0 Å². The van der Waals surface area contributed by atoms with E-state index in [9.17, 15) is 9.18 Å². The van der Waals surface area contributed by atoms with E-state index in [2.05, 4.69) is 15.1 Å². The van der Waals surface area contributed by atoms with E-state index >= 15 is 0 Å². The third-order valence-corrected chi connectivity index (χ3v) is 5.62. The fourth-order valence-electron chi connectivity index (χ4n) is 3.84. The summed E-state index contributed by atoms with van der Waals surface area (Å²) in [6, 6.07) is 6.92. The molecule has 1 N–H and O–H groups in total. The van der Waals surface area contributed by atoms with Gasteiger partial charge in [0.15, 0.2) is 0 Å². The van der Waals surface area contributed by atoms with E-state index in [1.807, 2.05) is 31.0 Å². The Hall–Kier alpha value is -1.08. The van der Waals surface area contributed by atoms with Gasteiger partial charge < -0.3 is 15.1 Å². The quantitative estimate of drug-likeness (QED) is 0.811. The highest BCUT2D eigenvalue weighted by atomic mass is 35.5. The average Bonchev–Trinajstić information content (AvgIpc) is 2.67. The Balaban J connectivity index is 0.00000182. The van der Waals surface area contributed by atoms with E-state index < -0.39 is 0 Å². The van der Waals surface area contributed by atoms with Crippen LogP contribution in [0.25, 0.3) is 0 Å². The summed E-state index contributed by atoms with van der Waals surface area (Å²) in [5.74, 6) is 0.0182. The first-order valence-corrected chi connectivity index (χ1v) is 9.28. The molecule has 0 aromatic heterocycles. The van der Waals surface area contributed by atoms with E-state index in [1.54, 1.807) is 0 Å². The Morgan fingerprint density at radius 1 is 1.11 bits per heavy atom. The molecule has 1 unspecified atom stereocenters.